The average Bonchev–Trinajstić information content (AvgIpc) is 3.11. The number of nitrogens with one attached hydrogen (secondary N) is 2. The van der Waals surface area contributed by atoms with Crippen molar-refractivity contribution in [3.05, 3.63) is 41.6 Å². The van der Waals surface area contributed by atoms with Gasteiger partial charge in [0.25, 0.3) is 5.91 Å². The SMILES string of the molecule is CC(=O)N/C(=C/c1ccccc1)C(=O)OCC(=O)NC[C@@H]1CCCO1. The van der Waals surface area contributed by atoms with Gasteiger partial charge < -0.3 is 20.1 Å². The van der Waals surface area contributed by atoms with E-state index >= 15 is 0 Å². The fraction of sp³-hybridized carbons (Fsp3) is 0.389. The van der Waals surface area contributed by atoms with Crippen LogP contribution in [0.15, 0.2) is 36.0 Å². The second kappa shape index (κ2) is 9.58. The normalized spacial score (nSPS) is 17.0. The molecule has 25 heavy (non-hydrogen) atoms. The zero-order valence-electron chi connectivity index (χ0n) is 14.1. The highest BCUT2D eigenvalue weighted by Gasteiger charge is 2.18. The lowest BCUT2D eigenvalue weighted by Gasteiger charge is -2.12. The van der Waals surface area contributed by atoms with Crippen LogP contribution < -0.4 is 10.6 Å². The highest BCUT2D eigenvalue weighted by Crippen LogP contribution is 2.10. The Hall–Kier alpha value is -2.67. The Morgan fingerprint density at radius 2 is 2.04 bits per heavy atom. The van der Waals surface area contributed by atoms with Gasteiger partial charge in [-0.3, -0.25) is 9.59 Å². The van der Waals surface area contributed by atoms with Gasteiger partial charge in [0.2, 0.25) is 5.91 Å². The van der Waals surface area contributed by atoms with Gasteiger partial charge in [-0.2, -0.15) is 0 Å². The molecule has 1 aliphatic rings. The number of benzene rings is 1. The molecule has 0 spiro atoms. The van der Waals surface area contributed by atoms with Crippen molar-refractivity contribution in [2.45, 2.75) is 25.9 Å². The molecule has 2 N–H and O–H groups in total. The van der Waals surface area contributed by atoms with E-state index in [1.165, 1.54) is 13.0 Å². The molecule has 0 saturated carbocycles. The van der Waals surface area contributed by atoms with Crippen LogP contribution in [0.4, 0.5) is 0 Å². The molecule has 7 heteroatoms. The molecule has 0 aliphatic carbocycles. The van der Waals surface area contributed by atoms with Crippen molar-refractivity contribution in [3.8, 4) is 0 Å². The largest absolute Gasteiger partial charge is 0.451 e. The molecule has 2 rings (SSSR count). The van der Waals surface area contributed by atoms with Gasteiger partial charge in [0.05, 0.1) is 6.10 Å². The summed E-state index contributed by atoms with van der Waals surface area (Å²) in [5.41, 5.74) is 0.705. The summed E-state index contributed by atoms with van der Waals surface area (Å²) < 4.78 is 10.4. The fourth-order valence-corrected chi connectivity index (χ4v) is 2.34. The number of hydrogen-bond donors (Lipinski definition) is 2. The van der Waals surface area contributed by atoms with Crippen molar-refractivity contribution in [1.82, 2.24) is 10.6 Å². The summed E-state index contributed by atoms with van der Waals surface area (Å²) in [5.74, 6) is -1.58. The van der Waals surface area contributed by atoms with Crippen LogP contribution >= 0.6 is 0 Å². The van der Waals surface area contributed by atoms with E-state index in [1.807, 2.05) is 6.07 Å². The van der Waals surface area contributed by atoms with E-state index in [2.05, 4.69) is 10.6 Å². The number of carbonyl (C=O) groups is 3. The molecule has 2 amide bonds. The van der Waals surface area contributed by atoms with Gasteiger partial charge in [-0.15, -0.1) is 0 Å². The van der Waals surface area contributed by atoms with Crippen molar-refractivity contribution < 1.29 is 23.9 Å². The minimum atomic E-state index is -0.772. The van der Waals surface area contributed by atoms with E-state index in [-0.39, 0.29) is 11.8 Å². The lowest BCUT2D eigenvalue weighted by Crippen LogP contribution is -2.35. The van der Waals surface area contributed by atoms with Crippen LogP contribution in [-0.2, 0) is 23.9 Å². The van der Waals surface area contributed by atoms with Crippen LogP contribution in [0.1, 0.15) is 25.3 Å². The smallest absolute Gasteiger partial charge is 0.355 e. The Labute approximate surface area is 146 Å². The molecule has 0 unspecified atom stereocenters. The minimum Gasteiger partial charge on any atom is -0.451 e. The quantitative estimate of drug-likeness (QED) is 0.567. The van der Waals surface area contributed by atoms with Crippen LogP contribution in [-0.4, -0.2) is 43.6 Å². The van der Waals surface area contributed by atoms with Crippen molar-refractivity contribution >= 4 is 23.9 Å². The summed E-state index contributed by atoms with van der Waals surface area (Å²) in [7, 11) is 0. The Morgan fingerprint density at radius 1 is 1.28 bits per heavy atom. The number of esters is 1. The minimum absolute atomic E-state index is 0.0209. The van der Waals surface area contributed by atoms with Gasteiger partial charge >= 0.3 is 5.97 Å². The molecular formula is C18H22N2O5. The van der Waals surface area contributed by atoms with Crippen molar-refractivity contribution in [2.75, 3.05) is 19.8 Å². The van der Waals surface area contributed by atoms with Gasteiger partial charge in [0.1, 0.15) is 5.70 Å². The highest BCUT2D eigenvalue weighted by atomic mass is 16.5. The van der Waals surface area contributed by atoms with Gasteiger partial charge in [-0.1, -0.05) is 30.3 Å². The Bertz CT molecular complexity index is 636. The molecule has 134 valence electrons. The maximum absolute atomic E-state index is 12.1. The summed E-state index contributed by atoms with van der Waals surface area (Å²) in [4.78, 5) is 35.2. The Kier molecular flexibility index (Phi) is 7.16. The van der Waals surface area contributed by atoms with Gasteiger partial charge in [-0.05, 0) is 24.5 Å². The molecule has 1 aliphatic heterocycles. The number of hydrogen-bond acceptors (Lipinski definition) is 5. The molecule has 1 heterocycles. The predicted molar refractivity (Wildman–Crippen MR) is 91.2 cm³/mol. The summed E-state index contributed by atoms with van der Waals surface area (Å²) in [6.07, 6.45) is 3.41. The molecule has 1 saturated heterocycles. The molecule has 0 radical (unpaired) electrons. The second-order valence-corrected chi connectivity index (χ2v) is 5.67. The molecule has 7 nitrogen and oxygen atoms in total. The lowest BCUT2D eigenvalue weighted by molar-refractivity contribution is -0.145. The Balaban J connectivity index is 1.87. The zero-order chi connectivity index (χ0) is 18.1. The van der Waals surface area contributed by atoms with E-state index in [1.54, 1.807) is 24.3 Å². The first-order chi connectivity index (χ1) is 12.0. The van der Waals surface area contributed by atoms with E-state index in [4.69, 9.17) is 9.47 Å². The van der Waals surface area contributed by atoms with E-state index in [0.717, 1.165) is 18.4 Å². The van der Waals surface area contributed by atoms with Crippen molar-refractivity contribution in [1.29, 1.82) is 0 Å². The molecule has 1 aromatic rings. The first-order valence-corrected chi connectivity index (χ1v) is 8.14. The van der Waals surface area contributed by atoms with E-state index in [9.17, 15) is 14.4 Å². The van der Waals surface area contributed by atoms with Gasteiger partial charge in [0, 0.05) is 20.1 Å². The third kappa shape index (κ3) is 6.76. The fourth-order valence-electron chi connectivity index (χ4n) is 2.34. The number of ether oxygens (including phenoxy) is 2. The first kappa shape index (κ1) is 18.7. The number of amides is 2. The van der Waals surface area contributed by atoms with E-state index < -0.39 is 24.4 Å². The standard InChI is InChI=1S/C18H22N2O5/c1-13(21)20-16(10-14-6-3-2-4-7-14)18(23)25-12-17(22)19-11-15-8-5-9-24-15/h2-4,6-7,10,15H,5,8-9,11-12H2,1H3,(H,19,22)(H,20,21)/b16-10+/t15-/m0/s1. The van der Waals surface area contributed by atoms with E-state index in [0.29, 0.717) is 13.2 Å². The van der Waals surface area contributed by atoms with Gasteiger partial charge in [0.15, 0.2) is 6.61 Å². The summed E-state index contributed by atoms with van der Waals surface area (Å²) in [5, 5.41) is 5.09. The third-order valence-electron chi connectivity index (χ3n) is 3.53. The Morgan fingerprint density at radius 3 is 2.68 bits per heavy atom. The van der Waals surface area contributed by atoms with Crippen LogP contribution in [0.25, 0.3) is 6.08 Å². The maximum atomic E-state index is 12.1. The molecule has 1 aromatic carbocycles. The van der Waals surface area contributed by atoms with Crippen LogP contribution in [0.3, 0.4) is 0 Å². The zero-order valence-corrected chi connectivity index (χ0v) is 14.1. The molecule has 1 fully saturated rings. The summed E-state index contributed by atoms with van der Waals surface area (Å²) in [6, 6.07) is 9.02. The van der Waals surface area contributed by atoms with Gasteiger partial charge in [-0.25, -0.2) is 4.79 Å². The number of rotatable bonds is 7. The molecule has 1 atom stereocenters. The third-order valence-corrected chi connectivity index (χ3v) is 3.53. The predicted octanol–water partition coefficient (Wildman–Crippen LogP) is 1.00. The monoisotopic (exact) mass is 346 g/mol. The highest BCUT2D eigenvalue weighted by molar-refractivity contribution is 5.98. The lowest BCUT2D eigenvalue weighted by atomic mass is 10.2. The summed E-state index contributed by atoms with van der Waals surface area (Å²) in [6.45, 7) is 1.98. The first-order valence-electron chi connectivity index (χ1n) is 8.14. The average molecular weight is 346 g/mol. The van der Waals surface area contributed by atoms with Crippen molar-refractivity contribution in [3.63, 3.8) is 0 Å². The summed E-state index contributed by atoms with van der Waals surface area (Å²) >= 11 is 0. The molecular weight excluding hydrogens is 324 g/mol. The topological polar surface area (TPSA) is 93.7 Å². The van der Waals surface area contributed by atoms with Crippen LogP contribution in [0, 0.1) is 0 Å². The van der Waals surface area contributed by atoms with Crippen LogP contribution in [0.5, 0.6) is 0 Å². The van der Waals surface area contributed by atoms with Crippen molar-refractivity contribution in [2.24, 2.45) is 0 Å². The number of carbonyl (C=O) groups excluding carboxylic acids is 3. The maximum Gasteiger partial charge on any atom is 0.355 e. The second-order valence-electron chi connectivity index (χ2n) is 5.67. The molecule has 0 bridgehead atoms. The van der Waals surface area contributed by atoms with Crippen LogP contribution in [0.2, 0.25) is 0 Å². The molecule has 0 aromatic heterocycles.